The number of hydrogen-bond acceptors (Lipinski definition) is 4. The fraction of sp³-hybridized carbons (Fsp3) is 0.462. The molecular formula is C13H17N3O3. The van der Waals surface area contributed by atoms with Crippen molar-refractivity contribution in [3.8, 4) is 0 Å². The zero-order valence-electron chi connectivity index (χ0n) is 10.8. The summed E-state index contributed by atoms with van der Waals surface area (Å²) in [7, 11) is 0. The number of aryl methyl sites for hydroxylation is 1. The van der Waals surface area contributed by atoms with E-state index in [0.717, 1.165) is 12.0 Å². The molecule has 1 atom stereocenters. The molecule has 1 aromatic carbocycles. The van der Waals surface area contributed by atoms with Crippen LogP contribution in [0.25, 0.3) is 0 Å². The highest BCUT2D eigenvalue weighted by Gasteiger charge is 2.27. The number of benzene rings is 1. The van der Waals surface area contributed by atoms with Gasteiger partial charge in [0.25, 0.3) is 11.6 Å². The van der Waals surface area contributed by atoms with E-state index >= 15 is 0 Å². The Hall–Kier alpha value is -1.95. The summed E-state index contributed by atoms with van der Waals surface area (Å²) in [5, 5.41) is 10.8. The van der Waals surface area contributed by atoms with E-state index in [-0.39, 0.29) is 11.6 Å². The van der Waals surface area contributed by atoms with E-state index in [1.54, 1.807) is 17.9 Å². The van der Waals surface area contributed by atoms with Crippen molar-refractivity contribution in [2.75, 3.05) is 19.6 Å². The maximum Gasteiger partial charge on any atom is 0.270 e. The molecule has 19 heavy (non-hydrogen) atoms. The summed E-state index contributed by atoms with van der Waals surface area (Å²) < 4.78 is 0. The fourth-order valence-electron chi connectivity index (χ4n) is 2.33. The summed E-state index contributed by atoms with van der Waals surface area (Å²) in [6, 6.07) is 4.38. The van der Waals surface area contributed by atoms with Gasteiger partial charge in [0.05, 0.1) is 4.92 Å². The minimum absolute atomic E-state index is 0.0523. The first kappa shape index (κ1) is 13.5. The molecule has 1 aliphatic heterocycles. The van der Waals surface area contributed by atoms with Gasteiger partial charge in [-0.15, -0.1) is 0 Å². The van der Waals surface area contributed by atoms with Crippen LogP contribution in [-0.2, 0) is 0 Å². The maximum atomic E-state index is 12.4. The molecule has 0 bridgehead atoms. The number of nitro benzene ring substituents is 1. The molecule has 0 radical (unpaired) electrons. The largest absolute Gasteiger partial charge is 0.338 e. The number of amides is 1. The SMILES string of the molecule is Cc1ccc([N+](=O)[O-])cc1C(=O)N1CCC(CN)C1. The topological polar surface area (TPSA) is 89.5 Å². The van der Waals surface area contributed by atoms with Crippen LogP contribution < -0.4 is 5.73 Å². The summed E-state index contributed by atoms with van der Waals surface area (Å²) in [4.78, 5) is 24.4. The lowest BCUT2D eigenvalue weighted by Crippen LogP contribution is -2.30. The van der Waals surface area contributed by atoms with Crippen molar-refractivity contribution in [1.29, 1.82) is 0 Å². The fourth-order valence-corrected chi connectivity index (χ4v) is 2.33. The molecule has 1 unspecified atom stereocenters. The summed E-state index contributed by atoms with van der Waals surface area (Å²) in [5.74, 6) is 0.195. The number of hydrogen-bond donors (Lipinski definition) is 1. The van der Waals surface area contributed by atoms with Crippen LogP contribution in [0.1, 0.15) is 22.3 Å². The molecule has 1 saturated heterocycles. The van der Waals surface area contributed by atoms with Gasteiger partial charge >= 0.3 is 0 Å². The van der Waals surface area contributed by atoms with Crippen molar-refractivity contribution in [2.45, 2.75) is 13.3 Å². The van der Waals surface area contributed by atoms with Crippen LogP contribution in [0.5, 0.6) is 0 Å². The van der Waals surface area contributed by atoms with Gasteiger partial charge in [-0.1, -0.05) is 6.07 Å². The van der Waals surface area contributed by atoms with E-state index in [9.17, 15) is 14.9 Å². The lowest BCUT2D eigenvalue weighted by molar-refractivity contribution is -0.384. The van der Waals surface area contributed by atoms with Crippen LogP contribution in [0.2, 0.25) is 0 Å². The third-order valence-electron chi connectivity index (χ3n) is 3.57. The standard InChI is InChI=1S/C13H17N3O3/c1-9-2-3-11(16(18)19)6-12(9)13(17)15-5-4-10(7-14)8-15/h2-3,6,10H,4-5,7-8,14H2,1H3. The smallest absolute Gasteiger partial charge is 0.270 e. The lowest BCUT2D eigenvalue weighted by Gasteiger charge is -2.17. The highest BCUT2D eigenvalue weighted by molar-refractivity contribution is 5.96. The first-order chi connectivity index (χ1) is 9.02. The predicted octanol–water partition coefficient (Wildman–Crippen LogP) is 1.32. The molecule has 0 aliphatic carbocycles. The van der Waals surface area contributed by atoms with E-state index in [1.807, 2.05) is 0 Å². The van der Waals surface area contributed by atoms with Crippen LogP contribution >= 0.6 is 0 Å². The number of carbonyl (C=O) groups excluding carboxylic acids is 1. The van der Waals surface area contributed by atoms with Gasteiger partial charge in [0.1, 0.15) is 0 Å². The molecular weight excluding hydrogens is 246 g/mol. The number of non-ortho nitro benzene ring substituents is 1. The van der Waals surface area contributed by atoms with Crippen LogP contribution in [0.15, 0.2) is 18.2 Å². The Labute approximate surface area is 111 Å². The molecule has 2 N–H and O–H groups in total. The zero-order chi connectivity index (χ0) is 14.0. The third kappa shape index (κ3) is 2.73. The zero-order valence-corrected chi connectivity index (χ0v) is 10.8. The van der Waals surface area contributed by atoms with E-state index in [2.05, 4.69) is 0 Å². The number of nitrogens with two attached hydrogens (primary N) is 1. The van der Waals surface area contributed by atoms with Crippen molar-refractivity contribution >= 4 is 11.6 Å². The van der Waals surface area contributed by atoms with Gasteiger partial charge in [0.2, 0.25) is 0 Å². The predicted molar refractivity (Wildman–Crippen MR) is 70.9 cm³/mol. The van der Waals surface area contributed by atoms with Gasteiger partial charge in [0, 0.05) is 30.8 Å². The first-order valence-electron chi connectivity index (χ1n) is 6.27. The van der Waals surface area contributed by atoms with Gasteiger partial charge in [-0.05, 0) is 31.4 Å². The highest BCUT2D eigenvalue weighted by atomic mass is 16.6. The normalized spacial score (nSPS) is 18.6. The van der Waals surface area contributed by atoms with E-state index < -0.39 is 4.92 Å². The summed E-state index contributed by atoms with van der Waals surface area (Å²) >= 11 is 0. The number of likely N-dealkylation sites (tertiary alicyclic amines) is 1. The van der Waals surface area contributed by atoms with Crippen LogP contribution in [-0.4, -0.2) is 35.4 Å². The lowest BCUT2D eigenvalue weighted by atomic mass is 10.1. The van der Waals surface area contributed by atoms with Gasteiger partial charge in [-0.25, -0.2) is 0 Å². The van der Waals surface area contributed by atoms with Gasteiger partial charge < -0.3 is 10.6 Å². The molecule has 1 amide bonds. The summed E-state index contributed by atoms with van der Waals surface area (Å²) in [6.45, 7) is 3.66. The van der Waals surface area contributed by atoms with Crippen molar-refractivity contribution in [3.63, 3.8) is 0 Å². The second kappa shape index (κ2) is 5.36. The van der Waals surface area contributed by atoms with Gasteiger partial charge in [-0.2, -0.15) is 0 Å². The molecule has 2 rings (SSSR count). The van der Waals surface area contributed by atoms with Crippen molar-refractivity contribution in [2.24, 2.45) is 11.7 Å². The van der Waals surface area contributed by atoms with Gasteiger partial charge in [-0.3, -0.25) is 14.9 Å². The molecule has 1 aliphatic rings. The molecule has 6 nitrogen and oxygen atoms in total. The number of nitrogens with zero attached hydrogens (tertiary/aromatic N) is 2. The Morgan fingerprint density at radius 2 is 2.32 bits per heavy atom. The first-order valence-corrected chi connectivity index (χ1v) is 6.27. The minimum Gasteiger partial charge on any atom is -0.338 e. The van der Waals surface area contributed by atoms with Crippen molar-refractivity contribution < 1.29 is 9.72 Å². The Bertz CT molecular complexity index is 516. The van der Waals surface area contributed by atoms with Crippen LogP contribution in [0.3, 0.4) is 0 Å². The number of carbonyl (C=O) groups is 1. The second-order valence-corrected chi connectivity index (χ2v) is 4.90. The Balaban J connectivity index is 2.24. The maximum absolute atomic E-state index is 12.4. The minimum atomic E-state index is -0.483. The summed E-state index contributed by atoms with van der Waals surface area (Å²) in [5.41, 5.74) is 6.71. The van der Waals surface area contributed by atoms with Crippen LogP contribution in [0.4, 0.5) is 5.69 Å². The number of rotatable bonds is 3. The highest BCUT2D eigenvalue weighted by Crippen LogP contribution is 2.22. The quantitative estimate of drug-likeness (QED) is 0.658. The number of nitro groups is 1. The molecule has 0 spiro atoms. The molecule has 102 valence electrons. The van der Waals surface area contributed by atoms with E-state index in [4.69, 9.17) is 5.73 Å². The van der Waals surface area contributed by atoms with Crippen LogP contribution in [0, 0.1) is 23.0 Å². The Morgan fingerprint density at radius 1 is 1.58 bits per heavy atom. The molecule has 0 aromatic heterocycles. The Morgan fingerprint density at radius 3 is 2.89 bits per heavy atom. The molecule has 0 saturated carbocycles. The van der Waals surface area contributed by atoms with Crippen molar-refractivity contribution in [3.05, 3.63) is 39.4 Å². The summed E-state index contributed by atoms with van der Waals surface area (Å²) in [6.07, 6.45) is 0.899. The molecule has 6 heteroatoms. The second-order valence-electron chi connectivity index (χ2n) is 4.90. The molecule has 1 aromatic rings. The molecule has 1 fully saturated rings. The average Bonchev–Trinajstić information content (AvgIpc) is 2.87. The van der Waals surface area contributed by atoms with Gasteiger partial charge in [0.15, 0.2) is 0 Å². The van der Waals surface area contributed by atoms with Crippen molar-refractivity contribution in [1.82, 2.24) is 4.90 Å². The molecule has 1 heterocycles. The monoisotopic (exact) mass is 263 g/mol. The third-order valence-corrected chi connectivity index (χ3v) is 3.57. The Kier molecular flexibility index (Phi) is 3.80. The van der Waals surface area contributed by atoms with E-state index in [1.165, 1.54) is 12.1 Å². The van der Waals surface area contributed by atoms with E-state index in [0.29, 0.717) is 31.1 Å². The average molecular weight is 263 g/mol.